The number of hydrogen-bond donors (Lipinski definition) is 2. The molecule has 1 aromatic heterocycles. The number of aromatic nitrogens is 2. The summed E-state index contributed by atoms with van der Waals surface area (Å²) in [5.74, 6) is 0.627. The molecule has 3 aromatic carbocycles. The average molecular weight is 495 g/mol. The van der Waals surface area contributed by atoms with Gasteiger partial charge in [-0.2, -0.15) is 5.10 Å². The fraction of sp³-hybridized carbons (Fsp3) is 0.233. The minimum absolute atomic E-state index is 0.0875. The largest absolute Gasteiger partial charge is 0.497 e. The van der Waals surface area contributed by atoms with Crippen molar-refractivity contribution in [3.8, 4) is 22.7 Å². The van der Waals surface area contributed by atoms with Gasteiger partial charge in [0, 0.05) is 24.1 Å². The minimum Gasteiger partial charge on any atom is -0.497 e. The van der Waals surface area contributed by atoms with Crippen molar-refractivity contribution in [3.63, 3.8) is 0 Å². The van der Waals surface area contributed by atoms with Gasteiger partial charge < -0.3 is 15.8 Å². The van der Waals surface area contributed by atoms with Crippen molar-refractivity contribution in [1.29, 1.82) is 0 Å². The Bertz CT molecular complexity index is 1470. The summed E-state index contributed by atoms with van der Waals surface area (Å²) in [4.78, 5) is 26.1. The molecule has 4 aromatic rings. The highest BCUT2D eigenvalue weighted by Crippen LogP contribution is 2.40. The van der Waals surface area contributed by atoms with Crippen LogP contribution in [0.5, 0.6) is 5.75 Å². The number of nitrogens with two attached hydrogens (primary N) is 1. The molecule has 1 heterocycles. The first kappa shape index (κ1) is 24.3. The van der Waals surface area contributed by atoms with Crippen molar-refractivity contribution in [1.82, 2.24) is 15.1 Å². The second kappa shape index (κ2) is 9.58. The Morgan fingerprint density at radius 1 is 1.05 bits per heavy atom. The van der Waals surface area contributed by atoms with Crippen molar-refractivity contribution in [2.24, 2.45) is 5.41 Å². The Balaban J connectivity index is 1.46. The van der Waals surface area contributed by atoms with Crippen LogP contribution in [0.25, 0.3) is 16.9 Å². The van der Waals surface area contributed by atoms with Crippen molar-refractivity contribution < 1.29 is 14.3 Å². The Kier molecular flexibility index (Phi) is 6.29. The molecule has 7 nitrogen and oxygen atoms in total. The molecule has 37 heavy (non-hydrogen) atoms. The van der Waals surface area contributed by atoms with Crippen LogP contribution in [0.15, 0.2) is 72.8 Å². The van der Waals surface area contributed by atoms with Crippen LogP contribution in [0.2, 0.25) is 0 Å². The number of anilines is 1. The van der Waals surface area contributed by atoms with Crippen molar-refractivity contribution in [2.45, 2.75) is 33.2 Å². The first-order valence-electron chi connectivity index (χ1n) is 12.3. The number of nitrogens with zero attached hydrogens (tertiary/aromatic N) is 2. The fourth-order valence-electron chi connectivity index (χ4n) is 4.86. The number of ketones is 1. The Morgan fingerprint density at radius 3 is 2.46 bits per heavy atom. The number of methoxy groups -OCH3 is 1. The van der Waals surface area contributed by atoms with Gasteiger partial charge in [-0.3, -0.25) is 9.59 Å². The highest BCUT2D eigenvalue weighted by Gasteiger charge is 2.37. The number of hydrogen-bond acceptors (Lipinski definition) is 5. The standard InChI is InChI=1S/C30H30N4O3/c1-30(2)16-25-27(26(35)17-30)28(20-7-5-4-6-8-20)33-34(25)24-14-11-21(15-23(24)31)29(36)32-18-19-9-12-22(37-3)13-10-19/h4-15H,16-18,31H2,1-3H3,(H,32,36). The molecule has 188 valence electrons. The molecule has 1 aliphatic rings. The average Bonchev–Trinajstić information content (AvgIpc) is 3.26. The number of nitrogens with one attached hydrogen (secondary N) is 1. The summed E-state index contributed by atoms with van der Waals surface area (Å²) >= 11 is 0. The number of ether oxygens (including phenoxy) is 1. The van der Waals surface area contributed by atoms with Gasteiger partial charge in [0.25, 0.3) is 5.91 Å². The normalized spacial score (nSPS) is 14.2. The first-order valence-corrected chi connectivity index (χ1v) is 12.3. The van der Waals surface area contributed by atoms with E-state index in [4.69, 9.17) is 15.6 Å². The van der Waals surface area contributed by atoms with Gasteiger partial charge in [-0.25, -0.2) is 4.68 Å². The number of carbonyl (C=O) groups excluding carboxylic acids is 2. The number of nitrogen functional groups attached to an aromatic ring is 1. The topological polar surface area (TPSA) is 99.2 Å². The number of amides is 1. The maximum atomic E-state index is 13.2. The van der Waals surface area contributed by atoms with E-state index in [1.807, 2.05) is 54.6 Å². The zero-order valence-electron chi connectivity index (χ0n) is 21.2. The zero-order valence-corrected chi connectivity index (χ0v) is 21.2. The minimum atomic E-state index is -0.224. The first-order chi connectivity index (χ1) is 17.8. The molecule has 7 heteroatoms. The van der Waals surface area contributed by atoms with Crippen LogP contribution in [0.1, 0.15) is 52.2 Å². The van der Waals surface area contributed by atoms with Gasteiger partial charge in [-0.1, -0.05) is 56.3 Å². The van der Waals surface area contributed by atoms with E-state index in [-0.39, 0.29) is 17.1 Å². The monoisotopic (exact) mass is 494 g/mol. The van der Waals surface area contributed by atoms with E-state index in [1.165, 1.54) is 0 Å². The molecular formula is C30H30N4O3. The summed E-state index contributed by atoms with van der Waals surface area (Å²) in [6, 6.07) is 22.4. The number of Topliss-reactive ketones (excluding diaryl/α,β-unsaturated/α-hetero) is 1. The molecule has 3 N–H and O–H groups in total. The summed E-state index contributed by atoms with van der Waals surface area (Å²) in [6.07, 6.45) is 1.16. The number of fused-ring (bicyclic) bond motifs is 1. The van der Waals surface area contributed by atoms with Gasteiger partial charge in [0.2, 0.25) is 0 Å². The van der Waals surface area contributed by atoms with Crippen LogP contribution in [0.4, 0.5) is 5.69 Å². The third-order valence-corrected chi connectivity index (χ3v) is 6.72. The van der Waals surface area contributed by atoms with E-state index in [0.717, 1.165) is 22.6 Å². The van der Waals surface area contributed by atoms with E-state index in [0.29, 0.717) is 47.6 Å². The quantitative estimate of drug-likeness (QED) is 0.358. The molecule has 0 bridgehead atoms. The van der Waals surface area contributed by atoms with Gasteiger partial charge in [0.15, 0.2) is 5.78 Å². The highest BCUT2D eigenvalue weighted by atomic mass is 16.5. The van der Waals surface area contributed by atoms with Crippen molar-refractivity contribution >= 4 is 17.4 Å². The Labute approximate surface area is 216 Å². The SMILES string of the molecule is COc1ccc(CNC(=O)c2ccc(-n3nc(-c4ccccc4)c4c3CC(C)(C)CC4=O)c(N)c2)cc1. The predicted molar refractivity (Wildman–Crippen MR) is 144 cm³/mol. The zero-order chi connectivity index (χ0) is 26.2. The van der Waals surface area contributed by atoms with Gasteiger partial charge >= 0.3 is 0 Å². The van der Waals surface area contributed by atoms with Gasteiger partial charge in [0.1, 0.15) is 11.4 Å². The molecule has 0 atom stereocenters. The van der Waals surface area contributed by atoms with E-state index in [2.05, 4.69) is 19.2 Å². The van der Waals surface area contributed by atoms with Crippen LogP contribution >= 0.6 is 0 Å². The maximum Gasteiger partial charge on any atom is 0.251 e. The lowest BCUT2D eigenvalue weighted by molar-refractivity contribution is 0.0910. The molecule has 0 unspecified atom stereocenters. The van der Waals surface area contributed by atoms with Gasteiger partial charge in [-0.15, -0.1) is 0 Å². The lowest BCUT2D eigenvalue weighted by Crippen LogP contribution is -2.28. The number of rotatable bonds is 6. The van der Waals surface area contributed by atoms with E-state index < -0.39 is 0 Å². The van der Waals surface area contributed by atoms with E-state index in [1.54, 1.807) is 30.0 Å². The molecule has 0 saturated heterocycles. The molecule has 0 saturated carbocycles. The molecule has 1 amide bonds. The Morgan fingerprint density at radius 2 is 1.78 bits per heavy atom. The second-order valence-electron chi connectivity index (χ2n) is 10.2. The molecule has 0 radical (unpaired) electrons. The molecule has 5 rings (SSSR count). The van der Waals surface area contributed by atoms with Crippen LogP contribution < -0.4 is 15.8 Å². The number of benzene rings is 3. The highest BCUT2D eigenvalue weighted by molar-refractivity contribution is 6.04. The number of carbonyl (C=O) groups is 2. The summed E-state index contributed by atoms with van der Waals surface area (Å²) in [6.45, 7) is 4.56. The summed E-state index contributed by atoms with van der Waals surface area (Å²) in [5.41, 5.74) is 11.8. The molecule has 0 aliphatic heterocycles. The molecular weight excluding hydrogens is 464 g/mol. The van der Waals surface area contributed by atoms with Crippen LogP contribution in [-0.4, -0.2) is 28.6 Å². The second-order valence-corrected chi connectivity index (χ2v) is 10.2. The third kappa shape index (κ3) is 4.85. The lowest BCUT2D eigenvalue weighted by Gasteiger charge is -2.29. The van der Waals surface area contributed by atoms with Gasteiger partial charge in [0.05, 0.1) is 29.7 Å². The van der Waals surface area contributed by atoms with Crippen LogP contribution in [-0.2, 0) is 13.0 Å². The summed E-state index contributed by atoms with van der Waals surface area (Å²) in [5, 5.41) is 7.81. The summed E-state index contributed by atoms with van der Waals surface area (Å²) < 4.78 is 6.96. The lowest BCUT2D eigenvalue weighted by atomic mass is 9.75. The molecule has 1 aliphatic carbocycles. The third-order valence-electron chi connectivity index (χ3n) is 6.72. The van der Waals surface area contributed by atoms with Crippen molar-refractivity contribution in [3.05, 3.63) is 95.2 Å². The van der Waals surface area contributed by atoms with E-state index in [9.17, 15) is 9.59 Å². The molecule has 0 spiro atoms. The molecule has 0 fully saturated rings. The van der Waals surface area contributed by atoms with Crippen molar-refractivity contribution in [2.75, 3.05) is 12.8 Å². The summed E-state index contributed by atoms with van der Waals surface area (Å²) in [7, 11) is 1.62. The van der Waals surface area contributed by atoms with Gasteiger partial charge in [-0.05, 0) is 47.7 Å². The smallest absolute Gasteiger partial charge is 0.251 e. The maximum absolute atomic E-state index is 13.2. The Hall–Kier alpha value is -4.39. The van der Waals surface area contributed by atoms with Crippen LogP contribution in [0.3, 0.4) is 0 Å². The van der Waals surface area contributed by atoms with E-state index >= 15 is 0 Å². The van der Waals surface area contributed by atoms with Crippen LogP contribution in [0, 0.1) is 5.41 Å². The fourth-order valence-corrected chi connectivity index (χ4v) is 4.86. The predicted octanol–water partition coefficient (Wildman–Crippen LogP) is 5.22.